The number of hydrogen-bond donors (Lipinski definition) is 1. The van der Waals surface area contributed by atoms with Crippen LogP contribution >= 0.6 is 0 Å². The standard InChI is InChI=1S/C30H36FN3O4S/c1-5-6-16-32-30(36)24(4)33(20-25-12-14-26(31)15-13-25)29(35)21-34(27-18-22(2)17-23(3)19-27)39(37,38)28-10-8-7-9-11-28/h7-15,17-19,24H,5-6,16,20-21H2,1-4H3,(H,32,36)/t24-/m0/s1. The Hall–Kier alpha value is -3.72. The molecule has 1 N–H and O–H groups in total. The second-order valence-electron chi connectivity index (χ2n) is 9.64. The van der Waals surface area contributed by atoms with Gasteiger partial charge in [0, 0.05) is 13.1 Å². The minimum atomic E-state index is -4.12. The molecule has 0 aromatic heterocycles. The lowest BCUT2D eigenvalue weighted by Crippen LogP contribution is -2.51. The van der Waals surface area contributed by atoms with Crippen molar-refractivity contribution in [3.63, 3.8) is 0 Å². The van der Waals surface area contributed by atoms with Gasteiger partial charge in [0.2, 0.25) is 11.8 Å². The van der Waals surface area contributed by atoms with E-state index in [0.29, 0.717) is 17.8 Å². The smallest absolute Gasteiger partial charge is 0.264 e. The molecular formula is C30H36FN3O4S. The Morgan fingerprint density at radius 1 is 0.949 bits per heavy atom. The topological polar surface area (TPSA) is 86.8 Å². The molecule has 7 nitrogen and oxygen atoms in total. The number of nitrogens with zero attached hydrogens (tertiary/aromatic N) is 2. The molecule has 0 radical (unpaired) electrons. The van der Waals surface area contributed by atoms with Gasteiger partial charge in [0.05, 0.1) is 10.6 Å². The van der Waals surface area contributed by atoms with Crippen LogP contribution < -0.4 is 9.62 Å². The number of rotatable bonds is 12. The largest absolute Gasteiger partial charge is 0.354 e. The van der Waals surface area contributed by atoms with Gasteiger partial charge in [-0.05, 0) is 80.3 Å². The number of hydrogen-bond acceptors (Lipinski definition) is 4. The summed E-state index contributed by atoms with van der Waals surface area (Å²) in [5.41, 5.74) is 2.66. The molecule has 0 spiro atoms. The first-order valence-corrected chi connectivity index (χ1v) is 14.4. The fraction of sp³-hybridized carbons (Fsp3) is 0.333. The number of unbranched alkanes of at least 4 members (excludes halogenated alkanes) is 1. The third kappa shape index (κ3) is 7.89. The van der Waals surface area contributed by atoms with Gasteiger partial charge in [-0.15, -0.1) is 0 Å². The van der Waals surface area contributed by atoms with Crippen molar-refractivity contribution in [1.82, 2.24) is 10.2 Å². The predicted octanol–water partition coefficient (Wildman–Crippen LogP) is 4.97. The highest BCUT2D eigenvalue weighted by Crippen LogP contribution is 2.26. The summed E-state index contributed by atoms with van der Waals surface area (Å²) in [6.07, 6.45) is 1.69. The second-order valence-corrected chi connectivity index (χ2v) is 11.5. The zero-order valence-corrected chi connectivity index (χ0v) is 23.7. The van der Waals surface area contributed by atoms with Crippen molar-refractivity contribution in [3.05, 3.63) is 95.3 Å². The second kappa shape index (κ2) is 13.4. The number of sulfonamides is 1. The minimum absolute atomic E-state index is 0.00749. The maximum atomic E-state index is 13.9. The van der Waals surface area contributed by atoms with Crippen molar-refractivity contribution < 1.29 is 22.4 Å². The van der Waals surface area contributed by atoms with E-state index in [-0.39, 0.29) is 17.3 Å². The first kappa shape index (κ1) is 29.8. The van der Waals surface area contributed by atoms with Gasteiger partial charge in [-0.1, -0.05) is 49.7 Å². The van der Waals surface area contributed by atoms with Crippen molar-refractivity contribution in [3.8, 4) is 0 Å². The van der Waals surface area contributed by atoms with Gasteiger partial charge in [-0.25, -0.2) is 12.8 Å². The molecule has 3 rings (SSSR count). The molecule has 39 heavy (non-hydrogen) atoms. The van der Waals surface area contributed by atoms with Crippen molar-refractivity contribution >= 4 is 27.5 Å². The van der Waals surface area contributed by atoms with E-state index in [1.54, 1.807) is 49.4 Å². The summed E-state index contributed by atoms with van der Waals surface area (Å²) >= 11 is 0. The molecule has 0 unspecified atom stereocenters. The van der Waals surface area contributed by atoms with Gasteiger partial charge in [-0.3, -0.25) is 13.9 Å². The van der Waals surface area contributed by atoms with Gasteiger partial charge >= 0.3 is 0 Å². The quantitative estimate of drug-likeness (QED) is 0.321. The normalized spacial score (nSPS) is 12.0. The molecule has 1 atom stereocenters. The average molecular weight is 554 g/mol. The van der Waals surface area contributed by atoms with E-state index < -0.39 is 34.3 Å². The van der Waals surface area contributed by atoms with Gasteiger partial charge in [0.25, 0.3) is 10.0 Å². The zero-order chi connectivity index (χ0) is 28.6. The number of carbonyl (C=O) groups is 2. The highest BCUT2D eigenvalue weighted by molar-refractivity contribution is 7.92. The summed E-state index contributed by atoms with van der Waals surface area (Å²) in [5.74, 6) is -1.32. The molecule has 208 valence electrons. The summed E-state index contributed by atoms with van der Waals surface area (Å²) in [5, 5.41) is 2.84. The first-order chi connectivity index (χ1) is 18.5. The van der Waals surface area contributed by atoms with Crippen LogP contribution in [0.2, 0.25) is 0 Å². The van der Waals surface area contributed by atoms with Crippen molar-refractivity contribution in [2.75, 3.05) is 17.4 Å². The molecule has 0 heterocycles. The van der Waals surface area contributed by atoms with E-state index in [0.717, 1.165) is 28.3 Å². The maximum Gasteiger partial charge on any atom is 0.264 e. The predicted molar refractivity (Wildman–Crippen MR) is 151 cm³/mol. The molecule has 0 aliphatic carbocycles. The molecule has 2 amide bonds. The highest BCUT2D eigenvalue weighted by Gasteiger charge is 2.32. The Morgan fingerprint density at radius 2 is 1.56 bits per heavy atom. The van der Waals surface area contributed by atoms with Gasteiger partial charge in [0.1, 0.15) is 18.4 Å². The highest BCUT2D eigenvalue weighted by atomic mass is 32.2. The van der Waals surface area contributed by atoms with Crippen molar-refractivity contribution in [2.45, 2.75) is 58.0 Å². The lowest BCUT2D eigenvalue weighted by atomic mass is 10.1. The van der Waals surface area contributed by atoms with E-state index in [9.17, 15) is 22.4 Å². The Morgan fingerprint density at radius 3 is 2.15 bits per heavy atom. The van der Waals surface area contributed by atoms with Crippen LogP contribution in [-0.4, -0.2) is 44.3 Å². The number of benzene rings is 3. The molecule has 3 aromatic rings. The number of carbonyl (C=O) groups excluding carboxylic acids is 2. The Kier molecular flexibility index (Phi) is 10.2. The molecular weight excluding hydrogens is 517 g/mol. The van der Waals surface area contributed by atoms with Crippen LogP contribution in [0.1, 0.15) is 43.4 Å². The van der Waals surface area contributed by atoms with Crippen LogP contribution in [0.25, 0.3) is 0 Å². The molecule has 0 bridgehead atoms. The third-order valence-electron chi connectivity index (χ3n) is 6.37. The van der Waals surface area contributed by atoms with Crippen LogP contribution in [0, 0.1) is 19.7 Å². The fourth-order valence-electron chi connectivity index (χ4n) is 4.25. The molecule has 0 aliphatic heterocycles. The van der Waals surface area contributed by atoms with E-state index >= 15 is 0 Å². The molecule has 3 aromatic carbocycles. The SMILES string of the molecule is CCCCNC(=O)[C@H](C)N(Cc1ccc(F)cc1)C(=O)CN(c1cc(C)cc(C)c1)S(=O)(=O)c1ccccc1. The summed E-state index contributed by atoms with van der Waals surface area (Å²) in [7, 11) is -4.12. The van der Waals surface area contributed by atoms with Crippen LogP contribution in [0.15, 0.2) is 77.7 Å². The Labute approximate surface area is 230 Å². The molecule has 0 saturated carbocycles. The number of aryl methyl sites for hydroxylation is 2. The molecule has 0 aliphatic rings. The van der Waals surface area contributed by atoms with E-state index in [1.165, 1.54) is 29.2 Å². The zero-order valence-electron chi connectivity index (χ0n) is 22.9. The van der Waals surface area contributed by atoms with Gasteiger partial charge in [-0.2, -0.15) is 0 Å². The van der Waals surface area contributed by atoms with E-state index in [2.05, 4.69) is 5.32 Å². The van der Waals surface area contributed by atoms with E-state index in [1.807, 2.05) is 26.8 Å². The maximum absolute atomic E-state index is 13.9. The number of anilines is 1. The number of nitrogens with one attached hydrogen (secondary N) is 1. The summed E-state index contributed by atoms with van der Waals surface area (Å²) in [6, 6.07) is 18.0. The summed E-state index contributed by atoms with van der Waals surface area (Å²) in [6.45, 7) is 7.28. The average Bonchev–Trinajstić information content (AvgIpc) is 2.90. The minimum Gasteiger partial charge on any atom is -0.354 e. The summed E-state index contributed by atoms with van der Waals surface area (Å²) in [4.78, 5) is 28.2. The Balaban J connectivity index is 2.01. The Bertz CT molecular complexity index is 1360. The van der Waals surface area contributed by atoms with Gasteiger partial charge < -0.3 is 10.2 Å². The van der Waals surface area contributed by atoms with Crippen molar-refractivity contribution in [2.24, 2.45) is 0 Å². The van der Waals surface area contributed by atoms with E-state index in [4.69, 9.17) is 0 Å². The molecule has 0 saturated heterocycles. The summed E-state index contributed by atoms with van der Waals surface area (Å²) < 4.78 is 42.3. The van der Waals surface area contributed by atoms with Crippen LogP contribution in [0.5, 0.6) is 0 Å². The third-order valence-corrected chi connectivity index (χ3v) is 8.16. The van der Waals surface area contributed by atoms with Crippen LogP contribution in [0.4, 0.5) is 10.1 Å². The lowest BCUT2D eigenvalue weighted by Gasteiger charge is -2.32. The lowest BCUT2D eigenvalue weighted by molar-refractivity contribution is -0.139. The van der Waals surface area contributed by atoms with Crippen LogP contribution in [-0.2, 0) is 26.2 Å². The van der Waals surface area contributed by atoms with Crippen molar-refractivity contribution in [1.29, 1.82) is 0 Å². The van der Waals surface area contributed by atoms with Gasteiger partial charge in [0.15, 0.2) is 0 Å². The number of halogens is 1. The molecule has 9 heteroatoms. The fourth-order valence-corrected chi connectivity index (χ4v) is 5.67. The van der Waals surface area contributed by atoms with Crippen LogP contribution in [0.3, 0.4) is 0 Å². The first-order valence-electron chi connectivity index (χ1n) is 13.0. The molecule has 0 fully saturated rings. The number of amides is 2. The monoisotopic (exact) mass is 553 g/mol.